The molecule has 0 aliphatic heterocycles. The molecule has 1 amide bonds. The molecule has 2 aromatic heterocycles. The van der Waals surface area contributed by atoms with E-state index in [9.17, 15) is 4.79 Å². The quantitative estimate of drug-likeness (QED) is 0.711. The minimum atomic E-state index is -1.99. The minimum Gasteiger partial charge on any atom is -0.322 e. The number of nitrogens with zero attached hydrogens (tertiary/aromatic N) is 4. The van der Waals surface area contributed by atoms with Crippen LogP contribution in [0.2, 0.25) is 0 Å². The van der Waals surface area contributed by atoms with Crippen LogP contribution in [0, 0.1) is 0 Å². The molecule has 0 atom stereocenters. The van der Waals surface area contributed by atoms with Crippen molar-refractivity contribution >= 4 is 62.7 Å². The number of hydrogen-bond donors (Lipinski definition) is 1. The normalized spacial score (nSPS) is 11.8. The highest BCUT2D eigenvalue weighted by Gasteiger charge is 2.30. The highest BCUT2D eigenvalue weighted by molar-refractivity contribution is 7.19. The van der Waals surface area contributed by atoms with Crippen molar-refractivity contribution in [3.8, 4) is 10.6 Å². The molecule has 0 aliphatic rings. The van der Waals surface area contributed by atoms with Crippen LogP contribution in [0.4, 0.5) is 5.69 Å². The van der Waals surface area contributed by atoms with Gasteiger partial charge in [-0.25, -0.2) is 0 Å². The number of nitrogens with one attached hydrogen (secondary N) is 1. The van der Waals surface area contributed by atoms with Crippen LogP contribution in [-0.2, 0) is 4.79 Å². The Bertz CT molecular complexity index is 764. The fourth-order valence-corrected chi connectivity index (χ4v) is 2.54. The SMILES string of the molecule is O=C(Nc1ccc(-c2nn3cnnc3s2)cc1)C(Cl)(Cl)Cl. The second-order valence-electron chi connectivity index (χ2n) is 3.99. The second kappa shape index (κ2) is 5.42. The third-order valence-corrected chi connectivity index (χ3v) is 4.01. The van der Waals surface area contributed by atoms with Crippen molar-refractivity contribution in [3.05, 3.63) is 30.6 Å². The Kier molecular flexibility index (Phi) is 3.75. The topological polar surface area (TPSA) is 72.2 Å². The lowest BCUT2D eigenvalue weighted by molar-refractivity contribution is -0.115. The van der Waals surface area contributed by atoms with Gasteiger partial charge in [-0.05, 0) is 24.3 Å². The van der Waals surface area contributed by atoms with Crippen molar-refractivity contribution in [1.82, 2.24) is 19.8 Å². The number of hydrogen-bond acceptors (Lipinski definition) is 5. The van der Waals surface area contributed by atoms with Gasteiger partial charge in [0, 0.05) is 11.3 Å². The first-order valence-corrected chi connectivity index (χ1v) is 7.54. The van der Waals surface area contributed by atoms with E-state index in [1.54, 1.807) is 28.8 Å². The number of carbonyl (C=O) groups is 1. The van der Waals surface area contributed by atoms with Gasteiger partial charge in [0.25, 0.3) is 9.70 Å². The molecule has 21 heavy (non-hydrogen) atoms. The number of alkyl halides is 3. The summed E-state index contributed by atoms with van der Waals surface area (Å²) in [5.41, 5.74) is 1.41. The minimum absolute atomic E-state index is 0.526. The third kappa shape index (κ3) is 3.11. The van der Waals surface area contributed by atoms with E-state index >= 15 is 0 Å². The summed E-state index contributed by atoms with van der Waals surface area (Å²) in [6.45, 7) is 0. The molecule has 0 aliphatic carbocycles. The number of aromatic nitrogens is 4. The first-order valence-electron chi connectivity index (χ1n) is 5.59. The highest BCUT2D eigenvalue weighted by atomic mass is 35.6. The third-order valence-electron chi connectivity index (χ3n) is 2.53. The predicted molar refractivity (Wildman–Crippen MR) is 83.0 cm³/mol. The van der Waals surface area contributed by atoms with Gasteiger partial charge in [0.1, 0.15) is 11.3 Å². The Hall–Kier alpha value is -1.41. The molecule has 1 aromatic carbocycles. The molecule has 2 heterocycles. The zero-order chi connectivity index (χ0) is 15.0. The van der Waals surface area contributed by atoms with E-state index in [4.69, 9.17) is 34.8 Å². The Labute approximate surface area is 137 Å². The van der Waals surface area contributed by atoms with E-state index in [1.165, 1.54) is 17.7 Å². The number of rotatable bonds is 2. The summed E-state index contributed by atoms with van der Waals surface area (Å²) in [6.07, 6.45) is 1.53. The standard InChI is InChI=1S/C11H6Cl3N5OS/c12-11(13,14)9(20)16-7-3-1-6(2-4-7)8-18-19-5-15-17-10(19)21-8/h1-5H,(H,16,20). The average molecular weight is 363 g/mol. The Morgan fingerprint density at radius 1 is 1.24 bits per heavy atom. The molecule has 0 fully saturated rings. The maximum absolute atomic E-state index is 11.5. The number of amides is 1. The zero-order valence-corrected chi connectivity index (χ0v) is 13.2. The van der Waals surface area contributed by atoms with Crippen molar-refractivity contribution in [2.75, 3.05) is 5.32 Å². The zero-order valence-electron chi connectivity index (χ0n) is 10.1. The van der Waals surface area contributed by atoms with Gasteiger partial charge in [-0.1, -0.05) is 46.1 Å². The van der Waals surface area contributed by atoms with Gasteiger partial charge >= 0.3 is 0 Å². The Morgan fingerprint density at radius 3 is 2.57 bits per heavy atom. The molecule has 0 saturated heterocycles. The lowest BCUT2D eigenvalue weighted by Gasteiger charge is -2.11. The van der Waals surface area contributed by atoms with Crippen LogP contribution >= 0.6 is 46.1 Å². The van der Waals surface area contributed by atoms with E-state index < -0.39 is 9.70 Å². The molecule has 0 saturated carbocycles. The van der Waals surface area contributed by atoms with Gasteiger partial charge in [-0.3, -0.25) is 4.79 Å². The van der Waals surface area contributed by atoms with Gasteiger partial charge < -0.3 is 5.32 Å². The average Bonchev–Trinajstić information content (AvgIpc) is 2.99. The second-order valence-corrected chi connectivity index (χ2v) is 7.23. The summed E-state index contributed by atoms with van der Waals surface area (Å²) >= 11 is 17.9. The molecule has 10 heteroatoms. The van der Waals surface area contributed by atoms with E-state index in [2.05, 4.69) is 20.6 Å². The molecule has 6 nitrogen and oxygen atoms in total. The first kappa shape index (κ1) is 14.5. The predicted octanol–water partition coefficient (Wildman–Crippen LogP) is 3.16. The molecule has 0 radical (unpaired) electrons. The highest BCUT2D eigenvalue weighted by Crippen LogP contribution is 2.29. The van der Waals surface area contributed by atoms with Crippen LogP contribution in [0.25, 0.3) is 15.5 Å². The van der Waals surface area contributed by atoms with Crippen molar-refractivity contribution < 1.29 is 4.79 Å². The van der Waals surface area contributed by atoms with Crippen LogP contribution in [0.1, 0.15) is 0 Å². The molecular weight excluding hydrogens is 357 g/mol. The van der Waals surface area contributed by atoms with Gasteiger partial charge in [0.05, 0.1) is 0 Å². The van der Waals surface area contributed by atoms with Gasteiger partial charge in [0.15, 0.2) is 0 Å². The lowest BCUT2D eigenvalue weighted by atomic mass is 10.2. The fourth-order valence-electron chi connectivity index (χ4n) is 1.57. The molecule has 108 valence electrons. The van der Waals surface area contributed by atoms with Gasteiger partial charge in [0.2, 0.25) is 4.96 Å². The van der Waals surface area contributed by atoms with E-state index in [0.29, 0.717) is 10.6 Å². The van der Waals surface area contributed by atoms with Crippen molar-refractivity contribution in [3.63, 3.8) is 0 Å². The Morgan fingerprint density at radius 2 is 1.95 bits per heavy atom. The summed E-state index contributed by atoms with van der Waals surface area (Å²) in [6, 6.07) is 7.01. The maximum Gasteiger partial charge on any atom is 0.276 e. The lowest BCUT2D eigenvalue weighted by Crippen LogP contribution is -2.26. The summed E-state index contributed by atoms with van der Waals surface area (Å²) in [5.74, 6) is -0.709. The maximum atomic E-state index is 11.5. The number of fused-ring (bicyclic) bond motifs is 1. The van der Waals surface area contributed by atoms with Crippen LogP contribution < -0.4 is 5.32 Å². The molecule has 3 aromatic rings. The molecule has 0 spiro atoms. The smallest absolute Gasteiger partial charge is 0.276 e. The molecule has 3 rings (SSSR count). The van der Waals surface area contributed by atoms with Crippen LogP contribution in [-0.4, -0.2) is 29.5 Å². The largest absolute Gasteiger partial charge is 0.322 e. The first-order chi connectivity index (χ1) is 9.93. The molecule has 0 bridgehead atoms. The summed E-state index contributed by atoms with van der Waals surface area (Å²) in [7, 11) is 0. The van der Waals surface area contributed by atoms with Crippen molar-refractivity contribution in [1.29, 1.82) is 0 Å². The molecular formula is C11H6Cl3N5OS. The number of halogens is 3. The molecule has 0 unspecified atom stereocenters. The van der Waals surface area contributed by atoms with E-state index in [0.717, 1.165) is 10.6 Å². The van der Waals surface area contributed by atoms with Gasteiger partial charge in [-0.15, -0.1) is 10.2 Å². The van der Waals surface area contributed by atoms with Crippen LogP contribution in [0.15, 0.2) is 30.6 Å². The monoisotopic (exact) mass is 361 g/mol. The summed E-state index contributed by atoms with van der Waals surface area (Å²) < 4.78 is -0.398. The number of carbonyl (C=O) groups excluding carboxylic acids is 1. The summed E-state index contributed by atoms with van der Waals surface area (Å²) in [4.78, 5) is 12.2. The number of anilines is 1. The summed E-state index contributed by atoms with van der Waals surface area (Å²) in [5, 5.41) is 15.3. The van der Waals surface area contributed by atoms with Crippen LogP contribution in [0.5, 0.6) is 0 Å². The van der Waals surface area contributed by atoms with E-state index in [-0.39, 0.29) is 0 Å². The van der Waals surface area contributed by atoms with Crippen molar-refractivity contribution in [2.45, 2.75) is 3.79 Å². The van der Waals surface area contributed by atoms with Crippen LogP contribution in [0.3, 0.4) is 0 Å². The molecule has 1 N–H and O–H groups in total. The van der Waals surface area contributed by atoms with Crippen molar-refractivity contribution in [2.24, 2.45) is 0 Å². The Balaban J connectivity index is 1.81. The van der Waals surface area contributed by atoms with E-state index in [1.807, 2.05) is 0 Å². The number of benzene rings is 1. The fraction of sp³-hybridized carbons (Fsp3) is 0.0909. The van der Waals surface area contributed by atoms with Gasteiger partial charge in [-0.2, -0.15) is 9.61 Å².